The van der Waals surface area contributed by atoms with Crippen LogP contribution in [-0.4, -0.2) is 26.1 Å². The number of aromatic nitrogens is 4. The van der Waals surface area contributed by atoms with Gasteiger partial charge in [0.1, 0.15) is 5.82 Å². The van der Waals surface area contributed by atoms with Crippen LogP contribution >= 0.6 is 0 Å². The first kappa shape index (κ1) is 12.3. The molecule has 6 heteroatoms. The van der Waals surface area contributed by atoms with E-state index in [4.69, 9.17) is 0 Å². The lowest BCUT2D eigenvalue weighted by atomic mass is 10.2. The smallest absolute Gasteiger partial charge is 0.225 e. The molecule has 0 atom stereocenters. The third kappa shape index (κ3) is 2.80. The molecule has 0 radical (unpaired) electrons. The molecule has 0 fully saturated rings. The number of hydrogen-bond acceptors (Lipinski definition) is 4. The number of nitrogens with one attached hydrogen (secondary N) is 2. The molecular weight excluding hydrogens is 254 g/mol. The van der Waals surface area contributed by atoms with Crippen molar-refractivity contribution in [1.82, 2.24) is 20.2 Å². The van der Waals surface area contributed by atoms with E-state index in [-0.39, 0.29) is 5.91 Å². The van der Waals surface area contributed by atoms with E-state index in [1.54, 1.807) is 24.7 Å². The molecule has 3 heterocycles. The Balaban J connectivity index is 1.61. The first-order valence-corrected chi connectivity index (χ1v) is 6.30. The zero-order chi connectivity index (χ0) is 13.8. The summed E-state index contributed by atoms with van der Waals surface area (Å²) in [5, 5.41) is 10.4. The van der Waals surface area contributed by atoms with Crippen molar-refractivity contribution in [3.63, 3.8) is 0 Å². The number of hydrogen-bond donors (Lipinski definition) is 2. The van der Waals surface area contributed by atoms with E-state index in [0.717, 1.165) is 16.6 Å². The Kier molecular flexibility index (Phi) is 3.36. The van der Waals surface area contributed by atoms with Crippen LogP contribution in [0.4, 0.5) is 5.82 Å². The molecule has 20 heavy (non-hydrogen) atoms. The van der Waals surface area contributed by atoms with Crippen LogP contribution in [0.1, 0.15) is 12.1 Å². The molecule has 0 unspecified atom stereocenters. The molecule has 3 aromatic rings. The minimum absolute atomic E-state index is 0.0778. The summed E-state index contributed by atoms with van der Waals surface area (Å²) in [6.07, 6.45) is 6.06. The number of carbonyl (C=O) groups excluding carboxylic acids is 1. The quantitative estimate of drug-likeness (QED) is 0.756. The molecule has 3 aromatic heterocycles. The fourth-order valence-corrected chi connectivity index (χ4v) is 1.90. The average Bonchev–Trinajstić information content (AvgIpc) is 2.94. The van der Waals surface area contributed by atoms with Gasteiger partial charge in [-0.25, -0.2) is 4.98 Å². The van der Waals surface area contributed by atoms with Gasteiger partial charge >= 0.3 is 0 Å². The van der Waals surface area contributed by atoms with Gasteiger partial charge in [0.05, 0.1) is 17.9 Å². The number of nitrogens with zero attached hydrogens (tertiary/aromatic N) is 3. The highest BCUT2D eigenvalue weighted by atomic mass is 16.1. The van der Waals surface area contributed by atoms with Crippen molar-refractivity contribution in [2.45, 2.75) is 12.8 Å². The van der Waals surface area contributed by atoms with Crippen molar-refractivity contribution < 1.29 is 4.79 Å². The second-order valence-electron chi connectivity index (χ2n) is 4.40. The van der Waals surface area contributed by atoms with E-state index >= 15 is 0 Å². The van der Waals surface area contributed by atoms with Gasteiger partial charge in [0, 0.05) is 23.7 Å². The molecule has 0 aliphatic rings. The predicted octanol–water partition coefficient (Wildman–Crippen LogP) is 1.92. The minimum Gasteiger partial charge on any atom is -0.311 e. The van der Waals surface area contributed by atoms with E-state index in [0.29, 0.717) is 18.7 Å². The first-order valence-electron chi connectivity index (χ1n) is 6.30. The van der Waals surface area contributed by atoms with Gasteiger partial charge in [0.25, 0.3) is 0 Å². The van der Waals surface area contributed by atoms with E-state index in [9.17, 15) is 4.79 Å². The highest BCUT2D eigenvalue weighted by Gasteiger charge is 2.06. The summed E-state index contributed by atoms with van der Waals surface area (Å²) >= 11 is 0. The lowest BCUT2D eigenvalue weighted by Crippen LogP contribution is -2.13. The van der Waals surface area contributed by atoms with Crippen LogP contribution in [0.5, 0.6) is 0 Å². The van der Waals surface area contributed by atoms with Gasteiger partial charge in [0.15, 0.2) is 0 Å². The Bertz CT molecular complexity index is 723. The average molecular weight is 267 g/mol. The molecule has 0 aliphatic heterocycles. The zero-order valence-corrected chi connectivity index (χ0v) is 10.7. The van der Waals surface area contributed by atoms with E-state index in [2.05, 4.69) is 25.5 Å². The largest absolute Gasteiger partial charge is 0.311 e. The Hall–Kier alpha value is -2.76. The highest BCUT2D eigenvalue weighted by molar-refractivity contribution is 5.92. The summed E-state index contributed by atoms with van der Waals surface area (Å²) in [5.41, 5.74) is 1.75. The van der Waals surface area contributed by atoms with Gasteiger partial charge in [0.2, 0.25) is 5.91 Å². The van der Waals surface area contributed by atoms with Gasteiger partial charge < -0.3 is 5.32 Å². The summed E-state index contributed by atoms with van der Waals surface area (Å²) in [5.74, 6) is 0.455. The minimum atomic E-state index is -0.0778. The summed E-state index contributed by atoms with van der Waals surface area (Å²) in [4.78, 5) is 20.2. The number of pyridine rings is 2. The Morgan fingerprint density at radius 2 is 2.20 bits per heavy atom. The molecule has 1 amide bonds. The molecular formula is C14H13N5O. The van der Waals surface area contributed by atoms with Gasteiger partial charge in [-0.2, -0.15) is 5.10 Å². The molecule has 6 nitrogen and oxygen atoms in total. The van der Waals surface area contributed by atoms with Crippen LogP contribution in [0.15, 0.2) is 42.9 Å². The fourth-order valence-electron chi connectivity index (χ4n) is 1.90. The van der Waals surface area contributed by atoms with Crippen molar-refractivity contribution in [1.29, 1.82) is 0 Å². The van der Waals surface area contributed by atoms with Gasteiger partial charge in [-0.1, -0.05) is 6.07 Å². The summed E-state index contributed by atoms with van der Waals surface area (Å²) in [6, 6.07) is 7.46. The maximum atomic E-state index is 11.9. The molecule has 0 aromatic carbocycles. The summed E-state index contributed by atoms with van der Waals surface area (Å²) < 4.78 is 0. The number of aromatic amines is 1. The normalized spacial score (nSPS) is 10.6. The van der Waals surface area contributed by atoms with Crippen LogP contribution in [0.3, 0.4) is 0 Å². The predicted molar refractivity (Wildman–Crippen MR) is 75.1 cm³/mol. The Morgan fingerprint density at radius 1 is 1.25 bits per heavy atom. The fraction of sp³-hybridized carbons (Fsp3) is 0.143. The van der Waals surface area contributed by atoms with Gasteiger partial charge in [-0.3, -0.25) is 14.9 Å². The maximum absolute atomic E-state index is 11.9. The second-order valence-corrected chi connectivity index (χ2v) is 4.40. The van der Waals surface area contributed by atoms with Crippen LogP contribution in [0.25, 0.3) is 10.9 Å². The number of fused-ring (bicyclic) bond motifs is 1. The molecule has 0 bridgehead atoms. The van der Waals surface area contributed by atoms with Crippen LogP contribution < -0.4 is 5.32 Å². The molecule has 0 spiro atoms. The Labute approximate surface area is 115 Å². The maximum Gasteiger partial charge on any atom is 0.225 e. The topological polar surface area (TPSA) is 83.6 Å². The van der Waals surface area contributed by atoms with Gasteiger partial charge in [-0.05, 0) is 24.6 Å². The molecule has 0 saturated heterocycles. The Morgan fingerprint density at radius 3 is 3.05 bits per heavy atom. The van der Waals surface area contributed by atoms with Crippen molar-refractivity contribution in [2.24, 2.45) is 0 Å². The lowest BCUT2D eigenvalue weighted by molar-refractivity contribution is -0.116. The van der Waals surface area contributed by atoms with Gasteiger partial charge in [-0.15, -0.1) is 0 Å². The van der Waals surface area contributed by atoms with Crippen molar-refractivity contribution >= 4 is 22.6 Å². The van der Waals surface area contributed by atoms with Crippen LogP contribution in [0, 0.1) is 0 Å². The third-order valence-corrected chi connectivity index (χ3v) is 2.93. The summed E-state index contributed by atoms with van der Waals surface area (Å²) in [6.45, 7) is 0. The first-order chi connectivity index (χ1) is 9.81. The number of amides is 1. The second kappa shape index (κ2) is 5.48. The number of aryl methyl sites for hydroxylation is 1. The molecule has 100 valence electrons. The number of rotatable bonds is 4. The zero-order valence-electron chi connectivity index (χ0n) is 10.7. The number of carbonyl (C=O) groups is 1. The van der Waals surface area contributed by atoms with Crippen molar-refractivity contribution in [3.8, 4) is 0 Å². The van der Waals surface area contributed by atoms with Crippen LogP contribution in [0.2, 0.25) is 0 Å². The monoisotopic (exact) mass is 267 g/mol. The van der Waals surface area contributed by atoms with E-state index in [1.807, 2.05) is 18.2 Å². The van der Waals surface area contributed by atoms with Crippen molar-refractivity contribution in [3.05, 3.63) is 48.5 Å². The van der Waals surface area contributed by atoms with Crippen LogP contribution in [-0.2, 0) is 11.2 Å². The van der Waals surface area contributed by atoms with E-state index < -0.39 is 0 Å². The highest BCUT2D eigenvalue weighted by Crippen LogP contribution is 2.13. The molecule has 3 rings (SSSR count). The molecule has 0 aliphatic carbocycles. The molecule has 2 N–H and O–H groups in total. The standard InChI is InChI=1S/C14H13N5O/c20-14(5-4-11-3-1-2-6-15-11)18-13-7-10-8-17-19-12(10)9-16-13/h1-3,6-9H,4-5H2,(H,17,19)(H,16,18,20). The van der Waals surface area contributed by atoms with E-state index in [1.165, 1.54) is 0 Å². The summed E-state index contributed by atoms with van der Waals surface area (Å²) in [7, 11) is 0. The SMILES string of the molecule is O=C(CCc1ccccn1)Nc1cc2cn[nH]c2cn1. The lowest BCUT2D eigenvalue weighted by Gasteiger charge is -2.04. The van der Waals surface area contributed by atoms with Crippen molar-refractivity contribution in [2.75, 3.05) is 5.32 Å². The number of anilines is 1. The number of H-pyrrole nitrogens is 1. The third-order valence-electron chi connectivity index (χ3n) is 2.93. The molecule has 0 saturated carbocycles.